The number of rotatable bonds is 5. The highest BCUT2D eigenvalue weighted by atomic mass is 16.1. The lowest BCUT2D eigenvalue weighted by molar-refractivity contribution is -0.117. The summed E-state index contributed by atoms with van der Waals surface area (Å²) >= 11 is 0. The minimum Gasteiger partial charge on any atom is -0.350 e. The molecule has 2 aliphatic rings. The zero-order chi connectivity index (χ0) is 12.8. The fraction of sp³-hybridized carbons (Fsp3) is 0.800. The molecule has 0 atom stereocenters. The second-order valence-electron chi connectivity index (χ2n) is 5.77. The lowest BCUT2D eigenvalue weighted by Gasteiger charge is -2.32. The summed E-state index contributed by atoms with van der Waals surface area (Å²) in [4.78, 5) is 13.8. The van der Waals surface area contributed by atoms with Gasteiger partial charge in [0.25, 0.3) is 0 Å². The third-order valence-corrected chi connectivity index (χ3v) is 4.45. The first-order valence-corrected chi connectivity index (χ1v) is 7.43. The maximum atomic E-state index is 11.2. The number of nitrogens with zero attached hydrogens (tertiary/aromatic N) is 1. The van der Waals surface area contributed by atoms with Gasteiger partial charge in [0, 0.05) is 19.1 Å². The Morgan fingerprint density at radius 3 is 2.50 bits per heavy atom. The molecule has 0 bridgehead atoms. The van der Waals surface area contributed by atoms with Crippen LogP contribution in [0.15, 0.2) is 12.7 Å². The summed E-state index contributed by atoms with van der Waals surface area (Å²) in [6.07, 6.45) is 10.7. The normalized spacial score (nSPS) is 23.1. The maximum Gasteiger partial charge on any atom is 0.243 e. The van der Waals surface area contributed by atoms with Crippen LogP contribution in [0.2, 0.25) is 0 Å². The van der Waals surface area contributed by atoms with Crippen molar-refractivity contribution in [3.63, 3.8) is 0 Å². The Morgan fingerprint density at radius 1 is 1.22 bits per heavy atom. The molecule has 1 heterocycles. The largest absolute Gasteiger partial charge is 0.350 e. The van der Waals surface area contributed by atoms with E-state index >= 15 is 0 Å². The molecule has 1 aliphatic heterocycles. The quantitative estimate of drug-likeness (QED) is 0.760. The molecule has 3 nitrogen and oxygen atoms in total. The van der Waals surface area contributed by atoms with Crippen LogP contribution >= 0.6 is 0 Å². The number of carbonyl (C=O) groups is 1. The number of carbonyl (C=O) groups excluding carboxylic acids is 1. The molecule has 1 aliphatic carbocycles. The van der Waals surface area contributed by atoms with E-state index < -0.39 is 0 Å². The molecule has 102 valence electrons. The van der Waals surface area contributed by atoms with Crippen LogP contribution in [0.25, 0.3) is 0 Å². The van der Waals surface area contributed by atoms with Crippen LogP contribution in [0.1, 0.15) is 44.9 Å². The monoisotopic (exact) mass is 250 g/mol. The van der Waals surface area contributed by atoms with Gasteiger partial charge in [0.15, 0.2) is 0 Å². The van der Waals surface area contributed by atoms with Gasteiger partial charge in [0.2, 0.25) is 5.91 Å². The summed E-state index contributed by atoms with van der Waals surface area (Å²) in [5.41, 5.74) is 0. The van der Waals surface area contributed by atoms with Gasteiger partial charge in [-0.25, -0.2) is 0 Å². The number of hydrogen-bond acceptors (Lipinski definition) is 2. The van der Waals surface area contributed by atoms with Crippen LogP contribution in [0, 0.1) is 5.92 Å². The minimum atomic E-state index is -0.0283. The van der Waals surface area contributed by atoms with Crippen molar-refractivity contribution in [3.8, 4) is 0 Å². The highest BCUT2D eigenvalue weighted by Gasteiger charge is 2.21. The van der Waals surface area contributed by atoms with Crippen molar-refractivity contribution in [1.82, 2.24) is 10.2 Å². The maximum absolute atomic E-state index is 11.2. The molecule has 2 fully saturated rings. The second kappa shape index (κ2) is 6.93. The van der Waals surface area contributed by atoms with Crippen LogP contribution in [-0.4, -0.2) is 36.5 Å². The fourth-order valence-corrected chi connectivity index (χ4v) is 3.23. The summed E-state index contributed by atoms with van der Waals surface area (Å²) < 4.78 is 0. The van der Waals surface area contributed by atoms with Crippen LogP contribution in [0.4, 0.5) is 0 Å². The van der Waals surface area contributed by atoms with Gasteiger partial charge in [-0.05, 0) is 37.8 Å². The molecule has 0 aromatic rings. The average Bonchev–Trinajstić information content (AvgIpc) is 2.91. The van der Waals surface area contributed by atoms with E-state index in [0.717, 1.165) is 31.8 Å². The molecule has 3 heteroatoms. The number of piperidine rings is 1. The summed E-state index contributed by atoms with van der Waals surface area (Å²) in [6, 6.07) is 0.359. The molecule has 0 radical (unpaired) electrons. The fourth-order valence-electron chi connectivity index (χ4n) is 3.23. The van der Waals surface area contributed by atoms with Crippen molar-refractivity contribution in [2.24, 2.45) is 5.92 Å². The second-order valence-corrected chi connectivity index (χ2v) is 5.77. The molecule has 1 saturated carbocycles. The van der Waals surface area contributed by atoms with Crippen LogP contribution < -0.4 is 5.32 Å². The molecule has 0 aromatic heterocycles. The molecular formula is C15H26N2O. The van der Waals surface area contributed by atoms with Gasteiger partial charge in [-0.3, -0.25) is 4.79 Å². The molecule has 1 amide bonds. The standard InChI is InChI=1S/C15H26N2O/c1-2-15(18)16-14-8-11-17(12-9-14)10-7-13-5-3-4-6-13/h2,13-14H,1,3-12H2,(H,16,18). The van der Waals surface area contributed by atoms with Crippen molar-refractivity contribution in [2.45, 2.75) is 51.0 Å². The van der Waals surface area contributed by atoms with Crippen molar-refractivity contribution in [2.75, 3.05) is 19.6 Å². The summed E-state index contributed by atoms with van der Waals surface area (Å²) in [5, 5.41) is 3.00. The molecule has 0 aromatic carbocycles. The highest BCUT2D eigenvalue weighted by Crippen LogP contribution is 2.27. The topological polar surface area (TPSA) is 32.3 Å². The van der Waals surface area contributed by atoms with Crippen molar-refractivity contribution >= 4 is 5.91 Å². The van der Waals surface area contributed by atoms with E-state index in [4.69, 9.17) is 0 Å². The summed E-state index contributed by atoms with van der Waals surface area (Å²) in [6.45, 7) is 7.02. The zero-order valence-electron chi connectivity index (χ0n) is 11.4. The van der Waals surface area contributed by atoms with Gasteiger partial charge < -0.3 is 10.2 Å². The minimum absolute atomic E-state index is 0.0283. The van der Waals surface area contributed by atoms with Crippen molar-refractivity contribution < 1.29 is 4.79 Å². The Labute approximate surface area is 111 Å². The SMILES string of the molecule is C=CC(=O)NC1CCN(CCC2CCCC2)CC1. The number of amides is 1. The Kier molecular flexibility index (Phi) is 5.24. The number of likely N-dealkylation sites (tertiary alicyclic amines) is 1. The lowest BCUT2D eigenvalue weighted by Crippen LogP contribution is -2.44. The Hall–Kier alpha value is -0.830. The number of hydrogen-bond donors (Lipinski definition) is 1. The molecule has 18 heavy (non-hydrogen) atoms. The molecule has 1 N–H and O–H groups in total. The van der Waals surface area contributed by atoms with Crippen LogP contribution in [-0.2, 0) is 4.79 Å². The Morgan fingerprint density at radius 2 is 1.89 bits per heavy atom. The van der Waals surface area contributed by atoms with Gasteiger partial charge in [0.1, 0.15) is 0 Å². The molecular weight excluding hydrogens is 224 g/mol. The van der Waals surface area contributed by atoms with Crippen molar-refractivity contribution in [1.29, 1.82) is 0 Å². The molecule has 2 rings (SSSR count). The van der Waals surface area contributed by atoms with E-state index in [2.05, 4.69) is 16.8 Å². The summed E-state index contributed by atoms with van der Waals surface area (Å²) in [5.74, 6) is 0.961. The molecule has 1 saturated heterocycles. The van der Waals surface area contributed by atoms with Gasteiger partial charge >= 0.3 is 0 Å². The number of nitrogens with one attached hydrogen (secondary N) is 1. The third kappa shape index (κ3) is 4.13. The smallest absolute Gasteiger partial charge is 0.243 e. The van der Waals surface area contributed by atoms with Crippen LogP contribution in [0.5, 0.6) is 0 Å². The lowest BCUT2D eigenvalue weighted by atomic mass is 10.0. The first-order chi connectivity index (χ1) is 8.78. The Balaban J connectivity index is 1.60. The average molecular weight is 250 g/mol. The van der Waals surface area contributed by atoms with Crippen molar-refractivity contribution in [3.05, 3.63) is 12.7 Å². The first-order valence-electron chi connectivity index (χ1n) is 7.43. The predicted molar refractivity (Wildman–Crippen MR) is 74.4 cm³/mol. The van der Waals surface area contributed by atoms with E-state index in [1.807, 2.05) is 0 Å². The van der Waals surface area contributed by atoms with E-state index in [0.29, 0.717) is 6.04 Å². The van der Waals surface area contributed by atoms with Gasteiger partial charge in [-0.2, -0.15) is 0 Å². The van der Waals surface area contributed by atoms with E-state index in [1.54, 1.807) is 0 Å². The predicted octanol–water partition coefficient (Wildman–Crippen LogP) is 2.33. The highest BCUT2D eigenvalue weighted by molar-refractivity contribution is 5.87. The third-order valence-electron chi connectivity index (χ3n) is 4.45. The van der Waals surface area contributed by atoms with E-state index in [9.17, 15) is 4.79 Å². The van der Waals surface area contributed by atoms with Gasteiger partial charge in [-0.1, -0.05) is 32.3 Å². The Bertz CT molecular complexity index is 276. The van der Waals surface area contributed by atoms with Gasteiger partial charge in [0.05, 0.1) is 0 Å². The van der Waals surface area contributed by atoms with Gasteiger partial charge in [-0.15, -0.1) is 0 Å². The molecule has 0 unspecified atom stereocenters. The van der Waals surface area contributed by atoms with E-state index in [1.165, 1.54) is 44.7 Å². The van der Waals surface area contributed by atoms with E-state index in [-0.39, 0.29) is 5.91 Å². The van der Waals surface area contributed by atoms with Crippen LogP contribution in [0.3, 0.4) is 0 Å². The molecule has 0 spiro atoms. The summed E-state index contributed by atoms with van der Waals surface area (Å²) in [7, 11) is 0. The zero-order valence-corrected chi connectivity index (χ0v) is 11.4. The first kappa shape index (κ1) is 13.6.